The minimum absolute atomic E-state index is 1.06. The van der Waals surface area contributed by atoms with Gasteiger partial charge in [0.25, 0.3) is 0 Å². The number of hydrogen-bond acceptors (Lipinski definition) is 0. The van der Waals surface area contributed by atoms with Gasteiger partial charge >= 0.3 is 0 Å². The summed E-state index contributed by atoms with van der Waals surface area (Å²) in [5.41, 5.74) is 3.11. The van der Waals surface area contributed by atoms with Crippen LogP contribution in [0.3, 0.4) is 0 Å². The fraction of sp³-hybridized carbons (Fsp3) is 0.667. The summed E-state index contributed by atoms with van der Waals surface area (Å²) in [5, 5.41) is 0. The van der Waals surface area contributed by atoms with Gasteiger partial charge in [-0.25, -0.2) is 0 Å². The first-order valence-corrected chi connectivity index (χ1v) is 7.65. The maximum Gasteiger partial charge on any atom is -0.0142 e. The average Bonchev–Trinajstić information content (AvgIpc) is 2.36. The van der Waals surface area contributed by atoms with E-state index in [-0.39, 0.29) is 0 Å². The molecule has 0 bridgehead atoms. The molecule has 0 nitrogen and oxygen atoms in total. The van der Waals surface area contributed by atoms with Crippen LogP contribution in [-0.2, 0) is 0 Å². The fourth-order valence-corrected chi connectivity index (χ4v) is 2.24. The third-order valence-electron chi connectivity index (χ3n) is 3.40. The van der Waals surface area contributed by atoms with Crippen LogP contribution in [0.1, 0.15) is 78.6 Å². The van der Waals surface area contributed by atoms with Crippen LogP contribution in [0.5, 0.6) is 0 Å². The first-order chi connectivity index (χ1) is 8.74. The molecule has 0 radical (unpaired) electrons. The summed E-state index contributed by atoms with van der Waals surface area (Å²) in [5.74, 6) is 0. The van der Waals surface area contributed by atoms with Crippen LogP contribution in [0.2, 0.25) is 0 Å². The van der Waals surface area contributed by atoms with Crippen molar-refractivity contribution >= 4 is 0 Å². The Morgan fingerprint density at radius 3 is 2.39 bits per heavy atom. The van der Waals surface area contributed by atoms with Gasteiger partial charge < -0.3 is 0 Å². The van der Waals surface area contributed by atoms with Gasteiger partial charge in [-0.3, -0.25) is 0 Å². The van der Waals surface area contributed by atoms with Crippen molar-refractivity contribution in [1.82, 2.24) is 0 Å². The molecule has 104 valence electrons. The van der Waals surface area contributed by atoms with Crippen molar-refractivity contribution in [1.29, 1.82) is 0 Å². The van der Waals surface area contributed by atoms with E-state index < -0.39 is 0 Å². The van der Waals surface area contributed by atoms with Crippen molar-refractivity contribution < 1.29 is 0 Å². The van der Waals surface area contributed by atoms with Crippen molar-refractivity contribution in [3.05, 3.63) is 36.0 Å². The third-order valence-corrected chi connectivity index (χ3v) is 3.40. The monoisotopic (exact) mass is 248 g/mol. The molecule has 0 atom stereocenters. The van der Waals surface area contributed by atoms with Gasteiger partial charge in [-0.1, -0.05) is 55.6 Å². The maximum absolute atomic E-state index is 3.80. The molecule has 0 aromatic carbocycles. The van der Waals surface area contributed by atoms with Gasteiger partial charge in [-0.2, -0.15) is 0 Å². The predicted octanol–water partition coefficient (Wildman–Crippen LogP) is 6.60. The van der Waals surface area contributed by atoms with Crippen LogP contribution < -0.4 is 0 Å². The van der Waals surface area contributed by atoms with Crippen molar-refractivity contribution in [2.75, 3.05) is 0 Å². The molecule has 0 fully saturated rings. The molecule has 0 amide bonds. The number of hydrogen-bond donors (Lipinski definition) is 0. The lowest BCUT2D eigenvalue weighted by Crippen LogP contribution is -1.84. The molecule has 0 aromatic rings. The summed E-state index contributed by atoms with van der Waals surface area (Å²) in [6.07, 6.45) is 18.3. The summed E-state index contributed by atoms with van der Waals surface area (Å²) < 4.78 is 0. The second-order valence-corrected chi connectivity index (χ2v) is 5.19. The molecule has 0 heterocycles. The number of allylic oxidation sites excluding steroid dienone is 5. The fourth-order valence-electron chi connectivity index (χ4n) is 2.24. The Labute approximate surface area is 115 Å². The van der Waals surface area contributed by atoms with Gasteiger partial charge in [-0.15, -0.1) is 6.58 Å². The Balaban J connectivity index is 3.46. The zero-order valence-electron chi connectivity index (χ0n) is 12.8. The van der Waals surface area contributed by atoms with Gasteiger partial charge in [-0.05, 0) is 52.4 Å². The smallest absolute Gasteiger partial charge is 0.0142 e. The van der Waals surface area contributed by atoms with Crippen LogP contribution in [0.4, 0.5) is 0 Å². The summed E-state index contributed by atoms with van der Waals surface area (Å²) in [7, 11) is 0. The second kappa shape index (κ2) is 12.7. The van der Waals surface area contributed by atoms with Crippen LogP contribution in [0.25, 0.3) is 0 Å². The highest BCUT2D eigenvalue weighted by molar-refractivity contribution is 5.04. The van der Waals surface area contributed by atoms with E-state index in [0.29, 0.717) is 0 Å². The Hall–Kier alpha value is -0.780. The molecular weight excluding hydrogens is 216 g/mol. The zero-order chi connectivity index (χ0) is 13.6. The molecule has 0 saturated carbocycles. The molecule has 0 unspecified atom stereocenters. The quantitative estimate of drug-likeness (QED) is 0.285. The van der Waals surface area contributed by atoms with Crippen LogP contribution in [0, 0.1) is 0 Å². The highest BCUT2D eigenvalue weighted by atomic mass is 14.0. The Morgan fingerprint density at radius 2 is 1.78 bits per heavy atom. The molecule has 0 saturated heterocycles. The summed E-state index contributed by atoms with van der Waals surface area (Å²) >= 11 is 0. The van der Waals surface area contributed by atoms with E-state index in [0.717, 1.165) is 6.42 Å². The minimum Gasteiger partial charge on any atom is -0.103 e. The average molecular weight is 248 g/mol. The van der Waals surface area contributed by atoms with E-state index in [9.17, 15) is 0 Å². The van der Waals surface area contributed by atoms with Crippen LogP contribution in [0.15, 0.2) is 36.0 Å². The highest BCUT2D eigenvalue weighted by Crippen LogP contribution is 2.15. The Kier molecular flexibility index (Phi) is 12.1. The lowest BCUT2D eigenvalue weighted by molar-refractivity contribution is 0.639. The lowest BCUT2D eigenvalue weighted by Gasteiger charge is -2.04. The molecule has 0 rings (SSSR count). The van der Waals surface area contributed by atoms with Crippen LogP contribution >= 0.6 is 0 Å². The maximum atomic E-state index is 3.80. The van der Waals surface area contributed by atoms with E-state index in [4.69, 9.17) is 0 Å². The van der Waals surface area contributed by atoms with E-state index in [1.54, 1.807) is 11.1 Å². The summed E-state index contributed by atoms with van der Waals surface area (Å²) in [4.78, 5) is 0. The van der Waals surface area contributed by atoms with E-state index in [1.165, 1.54) is 51.4 Å². The highest BCUT2D eigenvalue weighted by Gasteiger charge is 1.95. The predicted molar refractivity (Wildman–Crippen MR) is 84.9 cm³/mol. The molecule has 0 heteroatoms. The van der Waals surface area contributed by atoms with Crippen LogP contribution in [-0.4, -0.2) is 0 Å². The standard InChI is InChI=1S/C18H32/c1-5-13-17(4)15-11-9-8-10-12-16-18(7-3)14-6-2/h6-7,15H,2,5,8-14,16H2,1,3-4H3. The zero-order valence-corrected chi connectivity index (χ0v) is 12.8. The topological polar surface area (TPSA) is 0 Å². The Bertz CT molecular complexity index is 255. The first kappa shape index (κ1) is 17.2. The second-order valence-electron chi connectivity index (χ2n) is 5.19. The van der Waals surface area contributed by atoms with Crippen molar-refractivity contribution in [3.8, 4) is 0 Å². The van der Waals surface area contributed by atoms with Gasteiger partial charge in [0.2, 0.25) is 0 Å². The van der Waals surface area contributed by atoms with E-state index in [1.807, 2.05) is 6.08 Å². The van der Waals surface area contributed by atoms with Gasteiger partial charge in [0, 0.05) is 0 Å². The molecule has 0 aliphatic rings. The molecule has 0 N–H and O–H groups in total. The molecule has 0 aliphatic carbocycles. The summed E-state index contributed by atoms with van der Waals surface area (Å²) in [6, 6.07) is 0. The summed E-state index contributed by atoms with van der Waals surface area (Å²) in [6.45, 7) is 10.5. The van der Waals surface area contributed by atoms with Gasteiger partial charge in [0.1, 0.15) is 0 Å². The number of unbranched alkanes of at least 4 members (excludes halogenated alkanes) is 4. The largest absolute Gasteiger partial charge is 0.103 e. The van der Waals surface area contributed by atoms with E-state index >= 15 is 0 Å². The Morgan fingerprint density at radius 1 is 1.06 bits per heavy atom. The van der Waals surface area contributed by atoms with E-state index in [2.05, 4.69) is 39.5 Å². The normalized spacial score (nSPS) is 12.8. The number of rotatable bonds is 11. The third kappa shape index (κ3) is 10.4. The van der Waals surface area contributed by atoms with Gasteiger partial charge in [0.05, 0.1) is 0 Å². The molecule has 0 spiro atoms. The first-order valence-electron chi connectivity index (χ1n) is 7.65. The van der Waals surface area contributed by atoms with Crippen molar-refractivity contribution in [3.63, 3.8) is 0 Å². The van der Waals surface area contributed by atoms with Gasteiger partial charge in [0.15, 0.2) is 0 Å². The molecule has 0 aliphatic heterocycles. The van der Waals surface area contributed by atoms with Crippen molar-refractivity contribution in [2.45, 2.75) is 78.6 Å². The SMILES string of the molecule is C=CCC(=CC)CCCCCCC=C(C)CCC. The minimum atomic E-state index is 1.06. The molecular formula is C18H32. The molecule has 0 aromatic heterocycles. The molecule has 18 heavy (non-hydrogen) atoms. The lowest BCUT2D eigenvalue weighted by atomic mass is 10.0. The van der Waals surface area contributed by atoms with Crippen molar-refractivity contribution in [2.24, 2.45) is 0 Å².